The Bertz CT molecular complexity index is 624. The van der Waals surface area contributed by atoms with Gasteiger partial charge in [-0.05, 0) is 30.3 Å². The lowest BCUT2D eigenvalue weighted by molar-refractivity contribution is -0.113. The molecule has 0 atom stereocenters. The summed E-state index contributed by atoms with van der Waals surface area (Å²) in [4.78, 5) is 23.6. The van der Waals surface area contributed by atoms with Crippen LogP contribution in [0.4, 0.5) is 4.39 Å². The fourth-order valence-electron chi connectivity index (χ4n) is 1.59. The zero-order valence-corrected chi connectivity index (χ0v) is 8.59. The first-order valence-electron chi connectivity index (χ1n) is 4.96. The monoisotopic (exact) mass is 227 g/mol. The van der Waals surface area contributed by atoms with Crippen LogP contribution in [0.2, 0.25) is 0 Å². The first-order valence-corrected chi connectivity index (χ1v) is 4.96. The van der Waals surface area contributed by atoms with Crippen molar-refractivity contribution in [3.8, 4) is 0 Å². The lowest BCUT2D eigenvalue weighted by atomic mass is 10.1. The summed E-state index contributed by atoms with van der Waals surface area (Å²) >= 11 is 0. The van der Waals surface area contributed by atoms with E-state index in [1.54, 1.807) is 6.08 Å². The van der Waals surface area contributed by atoms with Gasteiger partial charge >= 0.3 is 0 Å². The summed E-state index contributed by atoms with van der Waals surface area (Å²) in [6.07, 6.45) is 3.08. The van der Waals surface area contributed by atoms with Gasteiger partial charge in [0, 0.05) is 11.8 Å². The van der Waals surface area contributed by atoms with Crippen molar-refractivity contribution in [2.75, 3.05) is 0 Å². The summed E-state index contributed by atoms with van der Waals surface area (Å²) in [6.45, 7) is 0. The van der Waals surface area contributed by atoms with E-state index in [1.807, 2.05) is 0 Å². The molecule has 0 aromatic heterocycles. The Labute approximate surface area is 95.9 Å². The van der Waals surface area contributed by atoms with Crippen LogP contribution in [0.5, 0.6) is 0 Å². The van der Waals surface area contributed by atoms with Gasteiger partial charge in [-0.2, -0.15) is 4.99 Å². The minimum atomic E-state index is -0.369. The van der Waals surface area contributed by atoms with E-state index in [0.29, 0.717) is 17.0 Å². The average Bonchev–Trinajstić information content (AvgIpc) is 2.78. The van der Waals surface area contributed by atoms with Gasteiger partial charge in [0.15, 0.2) is 11.7 Å². The molecule has 0 saturated heterocycles. The van der Waals surface area contributed by atoms with Crippen molar-refractivity contribution in [1.29, 1.82) is 0 Å². The molecular weight excluding hydrogens is 221 g/mol. The zero-order chi connectivity index (χ0) is 11.8. The van der Waals surface area contributed by atoms with Gasteiger partial charge < -0.3 is 0 Å². The van der Waals surface area contributed by atoms with E-state index < -0.39 is 0 Å². The number of amides is 1. The minimum absolute atomic E-state index is 0.265. The summed E-state index contributed by atoms with van der Waals surface area (Å²) in [5.41, 5.74) is 0.990. The normalized spacial score (nSPS) is 17.5. The number of benzene rings is 1. The molecule has 0 N–H and O–H groups in total. The standard InChI is InChI=1S/C12H6FN3O/c13-8-3-1-7(2-4-8)10-15-11-9(5-6-14-11)12(17)16-10/h1-6H. The molecular formula is C12H6FN3O. The third kappa shape index (κ3) is 1.61. The molecule has 0 fully saturated rings. The largest absolute Gasteiger partial charge is 0.282 e. The Morgan fingerprint density at radius 1 is 1.00 bits per heavy atom. The summed E-state index contributed by atoms with van der Waals surface area (Å²) in [6, 6.07) is 5.65. The third-order valence-corrected chi connectivity index (χ3v) is 2.43. The number of halogens is 1. The highest BCUT2D eigenvalue weighted by Crippen LogP contribution is 2.16. The van der Waals surface area contributed by atoms with E-state index in [-0.39, 0.29) is 17.6 Å². The number of hydrogen-bond donors (Lipinski definition) is 0. The second-order valence-electron chi connectivity index (χ2n) is 3.54. The summed E-state index contributed by atoms with van der Waals surface area (Å²) in [5, 5.41) is 0. The Balaban J connectivity index is 2.05. The van der Waals surface area contributed by atoms with Crippen LogP contribution in [-0.2, 0) is 4.79 Å². The smallest absolute Gasteiger partial charge is 0.267 e. The highest BCUT2D eigenvalue weighted by atomic mass is 19.1. The molecule has 0 bridgehead atoms. The topological polar surface area (TPSA) is 54.1 Å². The Morgan fingerprint density at radius 3 is 2.53 bits per heavy atom. The molecule has 82 valence electrons. The molecule has 0 unspecified atom stereocenters. The number of allylic oxidation sites excluding steroid dienone is 1. The number of aliphatic imine (C=N–C) groups is 3. The fourth-order valence-corrected chi connectivity index (χ4v) is 1.59. The zero-order valence-electron chi connectivity index (χ0n) is 8.59. The molecule has 2 aliphatic heterocycles. The van der Waals surface area contributed by atoms with Crippen LogP contribution in [-0.4, -0.2) is 23.8 Å². The lowest BCUT2D eigenvalue weighted by Gasteiger charge is -2.08. The van der Waals surface area contributed by atoms with Crippen LogP contribution in [0.25, 0.3) is 0 Å². The molecule has 0 saturated carbocycles. The minimum Gasteiger partial charge on any atom is -0.267 e. The quantitative estimate of drug-likeness (QED) is 0.717. The molecule has 0 aliphatic carbocycles. The number of fused-ring (bicyclic) bond motifs is 1. The number of nitrogens with zero attached hydrogens (tertiary/aromatic N) is 3. The predicted octanol–water partition coefficient (Wildman–Crippen LogP) is 1.52. The maximum atomic E-state index is 12.8. The molecule has 3 rings (SSSR count). The van der Waals surface area contributed by atoms with Gasteiger partial charge in [-0.15, -0.1) is 0 Å². The predicted molar refractivity (Wildman–Crippen MR) is 62.0 cm³/mol. The number of hydrogen-bond acceptors (Lipinski definition) is 3. The number of carbonyl (C=O) groups is 1. The summed E-state index contributed by atoms with van der Waals surface area (Å²) < 4.78 is 12.8. The van der Waals surface area contributed by atoms with E-state index >= 15 is 0 Å². The number of carbonyl (C=O) groups excluding carboxylic acids is 1. The van der Waals surface area contributed by atoms with Gasteiger partial charge in [-0.3, -0.25) is 4.79 Å². The van der Waals surface area contributed by atoms with Crippen LogP contribution in [0.1, 0.15) is 5.56 Å². The van der Waals surface area contributed by atoms with Gasteiger partial charge in [-0.1, -0.05) is 0 Å². The van der Waals surface area contributed by atoms with Crippen molar-refractivity contribution < 1.29 is 9.18 Å². The SMILES string of the molecule is O=C1N=C(c2ccc(F)cc2)N=C2N=CC=C12. The second kappa shape index (κ2) is 3.55. The molecule has 1 aromatic rings. The first kappa shape index (κ1) is 9.77. The molecule has 5 heteroatoms. The molecule has 2 heterocycles. The summed E-state index contributed by atoms with van der Waals surface area (Å²) in [5.74, 6) is -0.0824. The van der Waals surface area contributed by atoms with Crippen molar-refractivity contribution in [3.05, 3.63) is 47.3 Å². The van der Waals surface area contributed by atoms with E-state index in [2.05, 4.69) is 15.0 Å². The number of rotatable bonds is 1. The van der Waals surface area contributed by atoms with Crippen LogP contribution >= 0.6 is 0 Å². The summed E-state index contributed by atoms with van der Waals surface area (Å²) in [7, 11) is 0. The van der Waals surface area contributed by atoms with Crippen molar-refractivity contribution >= 4 is 23.8 Å². The van der Waals surface area contributed by atoms with E-state index in [0.717, 1.165) is 0 Å². The van der Waals surface area contributed by atoms with E-state index in [1.165, 1.54) is 30.5 Å². The highest BCUT2D eigenvalue weighted by Gasteiger charge is 2.24. The Morgan fingerprint density at radius 2 is 1.76 bits per heavy atom. The van der Waals surface area contributed by atoms with Gasteiger partial charge in [0.25, 0.3) is 5.91 Å². The maximum Gasteiger partial charge on any atom is 0.282 e. The fraction of sp³-hybridized carbons (Fsp3) is 0. The van der Waals surface area contributed by atoms with Gasteiger partial charge in [-0.25, -0.2) is 14.4 Å². The maximum absolute atomic E-state index is 12.8. The molecule has 1 aromatic carbocycles. The van der Waals surface area contributed by atoms with Crippen LogP contribution < -0.4 is 0 Å². The highest BCUT2D eigenvalue weighted by molar-refractivity contribution is 6.34. The van der Waals surface area contributed by atoms with E-state index in [9.17, 15) is 9.18 Å². The van der Waals surface area contributed by atoms with Gasteiger partial charge in [0.05, 0.1) is 5.57 Å². The second-order valence-corrected chi connectivity index (χ2v) is 3.54. The lowest BCUT2D eigenvalue weighted by Crippen LogP contribution is -2.17. The number of amidine groups is 2. The molecule has 0 spiro atoms. The molecule has 0 radical (unpaired) electrons. The van der Waals surface area contributed by atoms with Crippen molar-refractivity contribution in [2.45, 2.75) is 0 Å². The van der Waals surface area contributed by atoms with Crippen LogP contribution in [0.3, 0.4) is 0 Å². The van der Waals surface area contributed by atoms with Crippen molar-refractivity contribution in [1.82, 2.24) is 0 Å². The molecule has 1 amide bonds. The molecule has 4 nitrogen and oxygen atoms in total. The molecule has 17 heavy (non-hydrogen) atoms. The first-order chi connectivity index (χ1) is 8.24. The van der Waals surface area contributed by atoms with Crippen molar-refractivity contribution in [3.63, 3.8) is 0 Å². The molecule has 2 aliphatic rings. The van der Waals surface area contributed by atoms with Crippen LogP contribution in [0.15, 0.2) is 50.9 Å². The Hall–Kier alpha value is -2.43. The average molecular weight is 227 g/mol. The van der Waals surface area contributed by atoms with Gasteiger partial charge in [0.2, 0.25) is 0 Å². The van der Waals surface area contributed by atoms with Crippen LogP contribution in [0, 0.1) is 5.82 Å². The van der Waals surface area contributed by atoms with Gasteiger partial charge in [0.1, 0.15) is 5.82 Å². The third-order valence-electron chi connectivity index (χ3n) is 2.43. The Kier molecular flexibility index (Phi) is 2.04. The van der Waals surface area contributed by atoms with E-state index in [4.69, 9.17) is 0 Å². The van der Waals surface area contributed by atoms with Crippen molar-refractivity contribution in [2.24, 2.45) is 15.0 Å².